The van der Waals surface area contributed by atoms with Crippen LogP contribution in [0.4, 0.5) is 4.39 Å². The largest absolute Gasteiger partial charge is 0.379 e. The lowest BCUT2D eigenvalue weighted by Crippen LogP contribution is -2.24. The number of ether oxygens (including phenoxy) is 2. The highest BCUT2D eigenvalue weighted by Gasteiger charge is 2.15. The molecule has 0 saturated carbocycles. The standard InChI is InChI=1S/C13H18BrFO2/c1-13(2,16-3)6-7-17-9-10-4-5-11(15)8-12(10)14/h4-5,8H,6-7,9H2,1-3H3. The summed E-state index contributed by atoms with van der Waals surface area (Å²) in [5.74, 6) is -0.249. The Labute approximate surface area is 110 Å². The van der Waals surface area contributed by atoms with Crippen molar-refractivity contribution in [2.24, 2.45) is 0 Å². The fourth-order valence-electron chi connectivity index (χ4n) is 1.24. The van der Waals surface area contributed by atoms with Crippen LogP contribution in [0.15, 0.2) is 22.7 Å². The second-order valence-corrected chi connectivity index (χ2v) is 5.36. The first kappa shape index (κ1) is 14.6. The van der Waals surface area contributed by atoms with E-state index in [1.54, 1.807) is 13.2 Å². The van der Waals surface area contributed by atoms with Gasteiger partial charge < -0.3 is 9.47 Å². The van der Waals surface area contributed by atoms with Crippen LogP contribution in [0.5, 0.6) is 0 Å². The van der Waals surface area contributed by atoms with Gasteiger partial charge >= 0.3 is 0 Å². The van der Waals surface area contributed by atoms with Crippen molar-refractivity contribution in [3.8, 4) is 0 Å². The van der Waals surface area contributed by atoms with Crippen molar-refractivity contribution in [2.75, 3.05) is 13.7 Å². The molecule has 96 valence electrons. The lowest BCUT2D eigenvalue weighted by Gasteiger charge is -2.22. The van der Waals surface area contributed by atoms with E-state index >= 15 is 0 Å². The fourth-order valence-corrected chi connectivity index (χ4v) is 1.71. The molecular formula is C13H18BrFO2. The quantitative estimate of drug-likeness (QED) is 0.742. The first-order chi connectivity index (χ1) is 7.94. The minimum atomic E-state index is -0.249. The first-order valence-electron chi connectivity index (χ1n) is 5.51. The number of halogens is 2. The molecule has 2 nitrogen and oxygen atoms in total. The molecule has 0 unspecified atom stereocenters. The first-order valence-corrected chi connectivity index (χ1v) is 6.31. The van der Waals surface area contributed by atoms with E-state index in [0.29, 0.717) is 13.2 Å². The molecule has 17 heavy (non-hydrogen) atoms. The van der Waals surface area contributed by atoms with Gasteiger partial charge in [-0.25, -0.2) is 4.39 Å². The normalized spacial score (nSPS) is 11.8. The second kappa shape index (κ2) is 6.47. The van der Waals surface area contributed by atoms with Gasteiger partial charge in [-0.2, -0.15) is 0 Å². The van der Waals surface area contributed by atoms with E-state index in [4.69, 9.17) is 9.47 Å². The maximum atomic E-state index is 12.9. The predicted octanol–water partition coefficient (Wildman–Crippen LogP) is 3.92. The lowest BCUT2D eigenvalue weighted by molar-refractivity contribution is -0.0125. The van der Waals surface area contributed by atoms with Crippen LogP contribution in [0, 0.1) is 5.82 Å². The minimum absolute atomic E-state index is 0.167. The van der Waals surface area contributed by atoms with Gasteiger partial charge in [-0.1, -0.05) is 22.0 Å². The summed E-state index contributed by atoms with van der Waals surface area (Å²) >= 11 is 3.31. The van der Waals surface area contributed by atoms with Crippen LogP contribution >= 0.6 is 15.9 Å². The highest BCUT2D eigenvalue weighted by Crippen LogP contribution is 2.19. The highest BCUT2D eigenvalue weighted by molar-refractivity contribution is 9.10. The molecule has 0 fully saturated rings. The summed E-state index contributed by atoms with van der Waals surface area (Å²) in [5.41, 5.74) is 0.779. The van der Waals surface area contributed by atoms with Gasteiger partial charge in [0.1, 0.15) is 5.82 Å². The zero-order valence-corrected chi connectivity index (χ0v) is 12.0. The van der Waals surface area contributed by atoms with Gasteiger partial charge in [0, 0.05) is 18.2 Å². The molecule has 0 aliphatic carbocycles. The van der Waals surface area contributed by atoms with Crippen molar-refractivity contribution in [1.29, 1.82) is 0 Å². The van der Waals surface area contributed by atoms with Gasteiger partial charge in [0.25, 0.3) is 0 Å². The van der Waals surface area contributed by atoms with E-state index < -0.39 is 0 Å². The molecule has 0 radical (unpaired) electrons. The Balaban J connectivity index is 2.36. The molecule has 4 heteroatoms. The zero-order valence-electron chi connectivity index (χ0n) is 10.4. The van der Waals surface area contributed by atoms with Gasteiger partial charge in [-0.3, -0.25) is 0 Å². The summed E-state index contributed by atoms with van der Waals surface area (Å²) in [6.07, 6.45) is 0.822. The van der Waals surface area contributed by atoms with E-state index in [9.17, 15) is 4.39 Å². The van der Waals surface area contributed by atoms with Crippen molar-refractivity contribution in [1.82, 2.24) is 0 Å². The van der Waals surface area contributed by atoms with Gasteiger partial charge in [0.15, 0.2) is 0 Å². The number of methoxy groups -OCH3 is 1. The Kier molecular flexibility index (Phi) is 5.56. The minimum Gasteiger partial charge on any atom is -0.379 e. The Morgan fingerprint density at radius 1 is 1.35 bits per heavy atom. The monoisotopic (exact) mass is 304 g/mol. The van der Waals surface area contributed by atoms with E-state index in [-0.39, 0.29) is 11.4 Å². The van der Waals surface area contributed by atoms with E-state index in [0.717, 1.165) is 16.5 Å². The number of rotatable bonds is 6. The summed E-state index contributed by atoms with van der Waals surface area (Å²) in [7, 11) is 1.69. The summed E-state index contributed by atoms with van der Waals surface area (Å²) in [5, 5.41) is 0. The molecule has 0 N–H and O–H groups in total. The lowest BCUT2D eigenvalue weighted by atomic mass is 10.1. The Morgan fingerprint density at radius 3 is 2.65 bits per heavy atom. The number of hydrogen-bond acceptors (Lipinski definition) is 2. The van der Waals surface area contributed by atoms with Crippen LogP contribution in [-0.2, 0) is 16.1 Å². The summed E-state index contributed by atoms with van der Waals surface area (Å²) in [6, 6.07) is 4.60. The summed E-state index contributed by atoms with van der Waals surface area (Å²) in [4.78, 5) is 0. The van der Waals surface area contributed by atoms with E-state index in [1.807, 2.05) is 13.8 Å². The maximum Gasteiger partial charge on any atom is 0.124 e. The number of benzene rings is 1. The van der Waals surface area contributed by atoms with Crippen LogP contribution < -0.4 is 0 Å². The Morgan fingerprint density at radius 2 is 2.06 bits per heavy atom. The zero-order chi connectivity index (χ0) is 12.9. The van der Waals surface area contributed by atoms with Crippen molar-refractivity contribution in [3.05, 3.63) is 34.1 Å². The topological polar surface area (TPSA) is 18.5 Å². The average molecular weight is 305 g/mol. The average Bonchev–Trinajstić information content (AvgIpc) is 2.27. The third-order valence-electron chi connectivity index (χ3n) is 2.67. The molecule has 0 aliphatic heterocycles. The molecular weight excluding hydrogens is 287 g/mol. The Hall–Kier alpha value is -0.450. The summed E-state index contributed by atoms with van der Waals surface area (Å²) in [6.45, 7) is 5.12. The van der Waals surface area contributed by atoms with Crippen LogP contribution in [0.2, 0.25) is 0 Å². The van der Waals surface area contributed by atoms with Crippen molar-refractivity contribution in [3.63, 3.8) is 0 Å². The molecule has 0 bridgehead atoms. The summed E-state index contributed by atoms with van der Waals surface area (Å²) < 4.78 is 24.4. The molecule has 1 rings (SSSR count). The second-order valence-electron chi connectivity index (χ2n) is 4.50. The van der Waals surface area contributed by atoms with E-state index in [2.05, 4.69) is 15.9 Å². The highest BCUT2D eigenvalue weighted by atomic mass is 79.9. The molecule has 0 aliphatic rings. The van der Waals surface area contributed by atoms with Crippen molar-refractivity contribution in [2.45, 2.75) is 32.5 Å². The maximum absolute atomic E-state index is 12.9. The van der Waals surface area contributed by atoms with Crippen molar-refractivity contribution >= 4 is 15.9 Å². The fraction of sp³-hybridized carbons (Fsp3) is 0.538. The molecule has 0 aromatic heterocycles. The number of hydrogen-bond donors (Lipinski definition) is 0. The molecule has 1 aromatic rings. The third kappa shape index (κ3) is 5.15. The van der Waals surface area contributed by atoms with Crippen LogP contribution in [0.1, 0.15) is 25.8 Å². The smallest absolute Gasteiger partial charge is 0.124 e. The SMILES string of the molecule is COC(C)(C)CCOCc1ccc(F)cc1Br. The predicted molar refractivity (Wildman–Crippen MR) is 69.5 cm³/mol. The molecule has 0 spiro atoms. The molecule has 0 saturated heterocycles. The van der Waals surface area contributed by atoms with Gasteiger partial charge in [-0.05, 0) is 38.0 Å². The van der Waals surface area contributed by atoms with Crippen LogP contribution in [0.3, 0.4) is 0 Å². The van der Waals surface area contributed by atoms with Crippen LogP contribution in [-0.4, -0.2) is 19.3 Å². The van der Waals surface area contributed by atoms with Gasteiger partial charge in [-0.15, -0.1) is 0 Å². The van der Waals surface area contributed by atoms with Gasteiger partial charge in [0.05, 0.1) is 12.2 Å². The van der Waals surface area contributed by atoms with E-state index in [1.165, 1.54) is 12.1 Å². The van der Waals surface area contributed by atoms with Gasteiger partial charge in [0.2, 0.25) is 0 Å². The Bertz CT molecular complexity index is 366. The molecule has 0 atom stereocenters. The molecule has 0 amide bonds. The molecule has 1 aromatic carbocycles. The third-order valence-corrected chi connectivity index (χ3v) is 3.41. The van der Waals surface area contributed by atoms with Crippen LogP contribution in [0.25, 0.3) is 0 Å². The molecule has 0 heterocycles. The van der Waals surface area contributed by atoms with Crippen molar-refractivity contribution < 1.29 is 13.9 Å².